The summed E-state index contributed by atoms with van der Waals surface area (Å²) in [7, 11) is 0. The van der Waals surface area contributed by atoms with Crippen LogP contribution in [0.2, 0.25) is 5.15 Å². The van der Waals surface area contributed by atoms with E-state index in [1.165, 1.54) is 12.1 Å². The number of para-hydroxylation sites is 1. The van der Waals surface area contributed by atoms with Crippen molar-refractivity contribution in [1.29, 1.82) is 0 Å². The van der Waals surface area contributed by atoms with Gasteiger partial charge in [0.1, 0.15) is 5.15 Å². The number of rotatable bonds is 2. The number of nitrogen functional groups attached to an aromatic ring is 1. The molecular formula is C13H12ClN3O2. The minimum atomic E-state index is -0.461. The Balaban J connectivity index is 2.28. The minimum absolute atomic E-state index is 0.106. The summed E-state index contributed by atoms with van der Waals surface area (Å²) in [6, 6.07) is 7.81. The molecule has 0 atom stereocenters. The first-order valence-electron chi connectivity index (χ1n) is 5.51. The predicted molar refractivity (Wildman–Crippen MR) is 74.5 cm³/mol. The molecule has 0 saturated carbocycles. The number of benzene rings is 1. The molecule has 2 aromatic rings. The van der Waals surface area contributed by atoms with E-state index in [1.54, 1.807) is 25.1 Å². The molecule has 1 heterocycles. The number of aryl methyl sites for hydroxylation is 1. The van der Waals surface area contributed by atoms with Crippen LogP contribution in [0.15, 0.2) is 30.3 Å². The van der Waals surface area contributed by atoms with Gasteiger partial charge in [-0.1, -0.05) is 17.7 Å². The van der Waals surface area contributed by atoms with Gasteiger partial charge >= 0.3 is 0 Å². The van der Waals surface area contributed by atoms with Crippen molar-refractivity contribution in [2.24, 2.45) is 0 Å². The molecule has 6 heteroatoms. The van der Waals surface area contributed by atoms with Gasteiger partial charge in [-0.05, 0) is 31.2 Å². The van der Waals surface area contributed by atoms with Gasteiger partial charge < -0.3 is 16.2 Å². The Kier molecular flexibility index (Phi) is 3.57. The van der Waals surface area contributed by atoms with E-state index in [0.717, 1.165) is 0 Å². The van der Waals surface area contributed by atoms with Crippen molar-refractivity contribution in [3.05, 3.63) is 46.7 Å². The molecule has 0 saturated heterocycles. The van der Waals surface area contributed by atoms with Gasteiger partial charge in [0, 0.05) is 0 Å². The number of nitrogens with zero attached hydrogens (tertiary/aromatic N) is 1. The first kappa shape index (κ1) is 13.2. The highest BCUT2D eigenvalue weighted by atomic mass is 35.5. The summed E-state index contributed by atoms with van der Waals surface area (Å²) in [5, 5.41) is 12.7. The molecule has 0 fully saturated rings. The maximum absolute atomic E-state index is 12.0. The molecule has 0 unspecified atom stereocenters. The largest absolute Gasteiger partial charge is 0.505 e. The Morgan fingerprint density at radius 2 is 2.11 bits per heavy atom. The van der Waals surface area contributed by atoms with Crippen molar-refractivity contribution < 1.29 is 9.90 Å². The number of phenolic OH excluding ortho intramolecular Hbond substituents is 1. The van der Waals surface area contributed by atoms with Gasteiger partial charge in [0.2, 0.25) is 0 Å². The normalized spacial score (nSPS) is 10.2. The van der Waals surface area contributed by atoms with Crippen LogP contribution < -0.4 is 11.1 Å². The number of halogens is 1. The highest BCUT2D eigenvalue weighted by Crippen LogP contribution is 2.25. The number of hydrogen-bond acceptors (Lipinski definition) is 4. The summed E-state index contributed by atoms with van der Waals surface area (Å²) in [6.45, 7) is 1.72. The Morgan fingerprint density at radius 1 is 1.37 bits per heavy atom. The number of nitrogens with two attached hydrogens (primary N) is 1. The summed E-state index contributed by atoms with van der Waals surface area (Å²) in [4.78, 5) is 16.1. The van der Waals surface area contributed by atoms with Gasteiger partial charge in [-0.3, -0.25) is 4.79 Å². The van der Waals surface area contributed by atoms with Gasteiger partial charge in [0.25, 0.3) is 5.91 Å². The van der Waals surface area contributed by atoms with Crippen molar-refractivity contribution in [1.82, 2.24) is 4.98 Å². The number of hydrogen-bond donors (Lipinski definition) is 3. The zero-order valence-electron chi connectivity index (χ0n) is 10.1. The number of carbonyl (C=O) groups excluding carboxylic acids is 1. The molecule has 19 heavy (non-hydrogen) atoms. The Bertz CT molecular complexity index is 644. The van der Waals surface area contributed by atoms with Crippen molar-refractivity contribution >= 4 is 28.9 Å². The molecule has 0 aliphatic carbocycles. The number of pyridine rings is 1. The number of carbonyl (C=O) groups is 1. The van der Waals surface area contributed by atoms with Crippen LogP contribution in [-0.4, -0.2) is 16.0 Å². The SMILES string of the molecule is Cc1nc(Cl)ccc1NC(=O)c1cccc(N)c1O. The summed E-state index contributed by atoms with van der Waals surface area (Å²) in [6.07, 6.45) is 0. The molecule has 0 radical (unpaired) electrons. The number of anilines is 2. The smallest absolute Gasteiger partial charge is 0.259 e. The van der Waals surface area contributed by atoms with Crippen LogP contribution in [0, 0.1) is 6.92 Å². The standard InChI is InChI=1S/C13H12ClN3O2/c1-7-10(5-6-11(14)16-7)17-13(19)8-3-2-4-9(15)12(8)18/h2-6,18H,15H2,1H3,(H,17,19). The lowest BCUT2D eigenvalue weighted by Gasteiger charge is -2.09. The van der Waals surface area contributed by atoms with Gasteiger partial charge in [0.05, 0.1) is 22.6 Å². The number of aromatic hydroxyl groups is 1. The van der Waals surface area contributed by atoms with E-state index in [-0.39, 0.29) is 17.0 Å². The maximum Gasteiger partial charge on any atom is 0.259 e. The lowest BCUT2D eigenvalue weighted by molar-refractivity contribution is 0.102. The van der Waals surface area contributed by atoms with E-state index in [0.29, 0.717) is 16.5 Å². The van der Waals surface area contributed by atoms with E-state index >= 15 is 0 Å². The van der Waals surface area contributed by atoms with Gasteiger partial charge in [-0.2, -0.15) is 0 Å². The van der Waals surface area contributed by atoms with Gasteiger partial charge in [-0.25, -0.2) is 4.98 Å². The highest BCUT2D eigenvalue weighted by molar-refractivity contribution is 6.29. The van der Waals surface area contributed by atoms with Crippen LogP contribution in [0.1, 0.15) is 16.1 Å². The van der Waals surface area contributed by atoms with E-state index in [9.17, 15) is 9.90 Å². The molecule has 4 N–H and O–H groups in total. The maximum atomic E-state index is 12.0. The highest BCUT2D eigenvalue weighted by Gasteiger charge is 2.14. The second-order valence-electron chi connectivity index (χ2n) is 3.96. The predicted octanol–water partition coefficient (Wildman–Crippen LogP) is 2.58. The molecule has 2 rings (SSSR count). The number of phenols is 1. The van der Waals surface area contributed by atoms with Crippen LogP contribution in [-0.2, 0) is 0 Å². The summed E-state index contributed by atoms with van der Waals surface area (Å²) < 4.78 is 0. The van der Waals surface area contributed by atoms with Gasteiger partial charge in [-0.15, -0.1) is 0 Å². The van der Waals surface area contributed by atoms with E-state index in [1.807, 2.05) is 0 Å². The summed E-state index contributed by atoms with van der Waals surface area (Å²) in [5.74, 6) is -0.698. The van der Waals surface area contributed by atoms with Crippen LogP contribution in [0.3, 0.4) is 0 Å². The van der Waals surface area contributed by atoms with Gasteiger partial charge in [0.15, 0.2) is 5.75 Å². The zero-order chi connectivity index (χ0) is 14.0. The van der Waals surface area contributed by atoms with Crippen molar-refractivity contribution in [3.63, 3.8) is 0 Å². The first-order chi connectivity index (χ1) is 8.99. The Morgan fingerprint density at radius 3 is 2.79 bits per heavy atom. The van der Waals surface area contributed by atoms with Crippen molar-refractivity contribution in [2.45, 2.75) is 6.92 Å². The second-order valence-corrected chi connectivity index (χ2v) is 4.35. The average Bonchev–Trinajstić information content (AvgIpc) is 2.36. The van der Waals surface area contributed by atoms with Crippen LogP contribution >= 0.6 is 11.6 Å². The average molecular weight is 278 g/mol. The number of nitrogens with one attached hydrogen (secondary N) is 1. The Labute approximate surface area is 115 Å². The molecule has 1 amide bonds. The summed E-state index contributed by atoms with van der Waals surface area (Å²) >= 11 is 5.74. The molecule has 1 aromatic heterocycles. The first-order valence-corrected chi connectivity index (χ1v) is 5.89. The molecule has 0 spiro atoms. The molecule has 0 aliphatic rings. The quantitative estimate of drug-likeness (QED) is 0.447. The van der Waals surface area contributed by atoms with Crippen molar-refractivity contribution in [3.8, 4) is 5.75 Å². The third-order valence-electron chi connectivity index (χ3n) is 2.61. The summed E-state index contributed by atoms with van der Waals surface area (Å²) in [5.41, 5.74) is 6.91. The van der Waals surface area contributed by atoms with Crippen LogP contribution in [0.4, 0.5) is 11.4 Å². The molecule has 5 nitrogen and oxygen atoms in total. The third-order valence-corrected chi connectivity index (χ3v) is 2.82. The minimum Gasteiger partial charge on any atom is -0.505 e. The molecule has 1 aromatic carbocycles. The molecule has 0 aliphatic heterocycles. The number of aromatic nitrogens is 1. The third kappa shape index (κ3) is 2.77. The Hall–Kier alpha value is -2.27. The lowest BCUT2D eigenvalue weighted by atomic mass is 10.1. The lowest BCUT2D eigenvalue weighted by Crippen LogP contribution is -2.13. The fraction of sp³-hybridized carbons (Fsp3) is 0.0769. The fourth-order valence-electron chi connectivity index (χ4n) is 1.60. The van der Waals surface area contributed by atoms with E-state index in [4.69, 9.17) is 17.3 Å². The zero-order valence-corrected chi connectivity index (χ0v) is 10.9. The van der Waals surface area contributed by atoms with E-state index < -0.39 is 5.91 Å². The number of amides is 1. The van der Waals surface area contributed by atoms with Crippen molar-refractivity contribution in [2.75, 3.05) is 11.1 Å². The molecule has 0 bridgehead atoms. The van der Waals surface area contributed by atoms with E-state index in [2.05, 4.69) is 10.3 Å². The molecular weight excluding hydrogens is 266 g/mol. The fourth-order valence-corrected chi connectivity index (χ4v) is 1.79. The second kappa shape index (κ2) is 5.16. The monoisotopic (exact) mass is 277 g/mol. The topological polar surface area (TPSA) is 88.2 Å². The van der Waals surface area contributed by atoms with Crippen LogP contribution in [0.25, 0.3) is 0 Å². The van der Waals surface area contributed by atoms with Crippen LogP contribution in [0.5, 0.6) is 5.75 Å². The molecule has 98 valence electrons.